The first-order valence-corrected chi connectivity index (χ1v) is 8.88. The molecule has 2 rings (SSSR count). The largest absolute Gasteiger partial charge is 0.355 e. The molecule has 7 heteroatoms. The molecular weight excluding hydrogens is 306 g/mol. The number of nitrogens with zero attached hydrogens (tertiary/aromatic N) is 4. The monoisotopic (exact) mass is 337 g/mol. The van der Waals surface area contributed by atoms with E-state index in [1.807, 2.05) is 0 Å². The molecule has 2 heterocycles. The van der Waals surface area contributed by atoms with E-state index in [-0.39, 0.29) is 17.4 Å². The molecular formula is C17H31N5O2. The third-order valence-corrected chi connectivity index (χ3v) is 4.36. The molecule has 0 unspecified atom stereocenters. The fourth-order valence-corrected chi connectivity index (χ4v) is 2.70. The van der Waals surface area contributed by atoms with Crippen LogP contribution in [0.3, 0.4) is 0 Å². The number of amides is 1. The van der Waals surface area contributed by atoms with Crippen molar-refractivity contribution >= 4 is 5.91 Å². The van der Waals surface area contributed by atoms with Crippen molar-refractivity contribution in [3.8, 4) is 0 Å². The third kappa shape index (κ3) is 5.01. The lowest BCUT2D eigenvalue weighted by molar-refractivity contribution is -0.122. The fourth-order valence-electron chi connectivity index (χ4n) is 2.70. The van der Waals surface area contributed by atoms with Gasteiger partial charge in [0.2, 0.25) is 11.8 Å². The molecule has 1 amide bonds. The van der Waals surface area contributed by atoms with Crippen molar-refractivity contribution < 1.29 is 9.32 Å². The molecule has 1 aliphatic heterocycles. The van der Waals surface area contributed by atoms with Crippen LogP contribution < -0.4 is 5.32 Å². The Bertz CT molecular complexity index is 529. The zero-order valence-electron chi connectivity index (χ0n) is 15.6. The maximum Gasteiger partial charge on any atom is 0.243 e. The number of carbonyl (C=O) groups excluding carboxylic acids is 1. The minimum atomic E-state index is -0.105. The van der Waals surface area contributed by atoms with E-state index in [0.717, 1.165) is 45.0 Å². The van der Waals surface area contributed by atoms with Gasteiger partial charge in [-0.15, -0.1) is 0 Å². The highest BCUT2D eigenvalue weighted by atomic mass is 16.5. The molecule has 1 N–H and O–H groups in total. The van der Waals surface area contributed by atoms with Crippen molar-refractivity contribution in [2.24, 2.45) is 0 Å². The lowest BCUT2D eigenvalue weighted by Gasteiger charge is -2.36. The average molecular weight is 337 g/mol. The Balaban J connectivity index is 1.83. The number of hydrogen-bond donors (Lipinski definition) is 1. The molecule has 1 fully saturated rings. The zero-order valence-corrected chi connectivity index (χ0v) is 15.6. The number of aromatic nitrogens is 2. The summed E-state index contributed by atoms with van der Waals surface area (Å²) in [6.45, 7) is 15.2. The lowest BCUT2D eigenvalue weighted by Crippen LogP contribution is -2.50. The molecule has 1 aliphatic rings. The van der Waals surface area contributed by atoms with Gasteiger partial charge in [-0.1, -0.05) is 32.9 Å². The van der Waals surface area contributed by atoms with Crippen LogP contribution in [0.5, 0.6) is 0 Å². The Morgan fingerprint density at radius 1 is 1.29 bits per heavy atom. The van der Waals surface area contributed by atoms with Gasteiger partial charge in [0.15, 0.2) is 5.82 Å². The molecule has 0 spiro atoms. The summed E-state index contributed by atoms with van der Waals surface area (Å²) in [6.07, 6.45) is 0.970. The molecule has 7 nitrogen and oxygen atoms in total. The standard InChI is InChI=1S/C17H31N5O2/c1-6-7-18-14(23)12-21-8-10-22(11-9-21)13(2)15-19-16(20-24-15)17(3,4)5/h13H,6-12H2,1-5H3,(H,18,23)/t13-/m0/s1. The summed E-state index contributed by atoms with van der Waals surface area (Å²) in [5.74, 6) is 1.54. The van der Waals surface area contributed by atoms with Crippen LogP contribution in [0.4, 0.5) is 0 Å². The highest BCUT2D eigenvalue weighted by Crippen LogP contribution is 2.24. The van der Waals surface area contributed by atoms with Crippen molar-refractivity contribution in [1.82, 2.24) is 25.3 Å². The minimum Gasteiger partial charge on any atom is -0.355 e. The van der Waals surface area contributed by atoms with Crippen LogP contribution in [0.1, 0.15) is 58.8 Å². The lowest BCUT2D eigenvalue weighted by atomic mass is 9.96. The van der Waals surface area contributed by atoms with E-state index >= 15 is 0 Å². The summed E-state index contributed by atoms with van der Waals surface area (Å²) in [4.78, 5) is 20.9. The summed E-state index contributed by atoms with van der Waals surface area (Å²) in [5.41, 5.74) is -0.105. The van der Waals surface area contributed by atoms with Crippen molar-refractivity contribution in [2.75, 3.05) is 39.3 Å². The highest BCUT2D eigenvalue weighted by molar-refractivity contribution is 5.77. The van der Waals surface area contributed by atoms with Gasteiger partial charge in [-0.3, -0.25) is 14.6 Å². The van der Waals surface area contributed by atoms with Crippen LogP contribution >= 0.6 is 0 Å². The summed E-state index contributed by atoms with van der Waals surface area (Å²) in [5, 5.41) is 7.04. The van der Waals surface area contributed by atoms with E-state index < -0.39 is 0 Å². The maximum absolute atomic E-state index is 11.8. The van der Waals surface area contributed by atoms with E-state index in [1.54, 1.807) is 0 Å². The van der Waals surface area contributed by atoms with E-state index in [1.165, 1.54) is 0 Å². The van der Waals surface area contributed by atoms with Crippen molar-refractivity contribution in [1.29, 1.82) is 0 Å². The number of hydrogen-bond acceptors (Lipinski definition) is 6. The van der Waals surface area contributed by atoms with Gasteiger partial charge in [0.1, 0.15) is 0 Å². The van der Waals surface area contributed by atoms with E-state index in [9.17, 15) is 4.79 Å². The number of nitrogens with one attached hydrogen (secondary N) is 1. The molecule has 0 aromatic carbocycles. The Morgan fingerprint density at radius 2 is 1.96 bits per heavy atom. The van der Waals surface area contributed by atoms with E-state index in [2.05, 4.69) is 59.9 Å². The highest BCUT2D eigenvalue weighted by Gasteiger charge is 2.28. The topological polar surface area (TPSA) is 74.5 Å². The van der Waals surface area contributed by atoms with Crippen molar-refractivity contribution in [2.45, 2.75) is 52.5 Å². The first-order chi connectivity index (χ1) is 11.3. The second kappa shape index (κ2) is 8.07. The first-order valence-electron chi connectivity index (χ1n) is 8.88. The SMILES string of the molecule is CCCNC(=O)CN1CCN([C@@H](C)c2nc(C(C)(C)C)no2)CC1. The van der Waals surface area contributed by atoms with Gasteiger partial charge in [-0.05, 0) is 13.3 Å². The predicted molar refractivity (Wildman–Crippen MR) is 92.7 cm³/mol. The van der Waals surface area contributed by atoms with E-state index in [4.69, 9.17) is 4.52 Å². The third-order valence-electron chi connectivity index (χ3n) is 4.36. The Kier molecular flexibility index (Phi) is 6.34. The predicted octanol–water partition coefficient (Wildman–Crippen LogP) is 1.57. The number of rotatable bonds is 6. The Hall–Kier alpha value is -1.47. The van der Waals surface area contributed by atoms with Gasteiger partial charge in [-0.2, -0.15) is 4.98 Å². The number of carbonyl (C=O) groups is 1. The molecule has 0 aliphatic carbocycles. The van der Waals surface area contributed by atoms with Crippen LogP contribution in [0, 0.1) is 0 Å². The molecule has 1 atom stereocenters. The molecule has 1 aromatic rings. The van der Waals surface area contributed by atoms with Crippen molar-refractivity contribution in [3.63, 3.8) is 0 Å². The molecule has 0 saturated carbocycles. The molecule has 0 radical (unpaired) electrons. The summed E-state index contributed by atoms with van der Waals surface area (Å²) >= 11 is 0. The van der Waals surface area contributed by atoms with Crippen LogP contribution in [0.2, 0.25) is 0 Å². The second-order valence-electron chi connectivity index (χ2n) is 7.54. The van der Waals surface area contributed by atoms with Gasteiger partial charge in [-0.25, -0.2) is 0 Å². The van der Waals surface area contributed by atoms with Crippen LogP contribution in [-0.2, 0) is 10.2 Å². The zero-order chi connectivity index (χ0) is 17.7. The molecule has 24 heavy (non-hydrogen) atoms. The van der Waals surface area contributed by atoms with Gasteiger partial charge in [0.25, 0.3) is 0 Å². The minimum absolute atomic E-state index is 0.102. The molecule has 136 valence electrons. The summed E-state index contributed by atoms with van der Waals surface area (Å²) in [6, 6.07) is 0.102. The van der Waals surface area contributed by atoms with Crippen molar-refractivity contribution in [3.05, 3.63) is 11.7 Å². The van der Waals surface area contributed by atoms with Gasteiger partial charge < -0.3 is 9.84 Å². The van der Waals surface area contributed by atoms with E-state index in [0.29, 0.717) is 12.4 Å². The Morgan fingerprint density at radius 3 is 2.50 bits per heavy atom. The number of piperazine rings is 1. The molecule has 1 aromatic heterocycles. The average Bonchev–Trinajstić information content (AvgIpc) is 3.03. The summed E-state index contributed by atoms with van der Waals surface area (Å²) < 4.78 is 5.46. The normalized spacial score (nSPS) is 18.5. The van der Waals surface area contributed by atoms with Crippen LogP contribution in [0.25, 0.3) is 0 Å². The summed E-state index contributed by atoms with van der Waals surface area (Å²) in [7, 11) is 0. The first kappa shape index (κ1) is 18.9. The molecule has 0 bridgehead atoms. The molecule has 1 saturated heterocycles. The van der Waals surface area contributed by atoms with Crippen LogP contribution in [-0.4, -0.2) is 65.1 Å². The Labute approximate surface area is 144 Å². The van der Waals surface area contributed by atoms with Gasteiger partial charge >= 0.3 is 0 Å². The van der Waals surface area contributed by atoms with Crippen LogP contribution in [0.15, 0.2) is 4.52 Å². The van der Waals surface area contributed by atoms with Gasteiger partial charge in [0.05, 0.1) is 12.6 Å². The smallest absolute Gasteiger partial charge is 0.243 e. The quantitative estimate of drug-likeness (QED) is 0.849. The maximum atomic E-state index is 11.8. The fraction of sp³-hybridized carbons (Fsp3) is 0.824. The second-order valence-corrected chi connectivity index (χ2v) is 7.54. The van der Waals surface area contributed by atoms with Gasteiger partial charge in [0, 0.05) is 38.1 Å².